The minimum Gasteiger partial charge on any atom is -0.408 e. The van der Waals surface area contributed by atoms with Gasteiger partial charge in [0.05, 0.1) is 11.7 Å². The van der Waals surface area contributed by atoms with E-state index in [2.05, 4.69) is 22.4 Å². The topological polar surface area (TPSA) is 96.2 Å². The van der Waals surface area contributed by atoms with Crippen molar-refractivity contribution >= 4 is 22.8 Å². The molecule has 142 valence electrons. The van der Waals surface area contributed by atoms with Crippen LogP contribution in [0, 0.1) is 6.92 Å². The van der Waals surface area contributed by atoms with Crippen LogP contribution in [-0.2, 0) is 6.54 Å². The van der Waals surface area contributed by atoms with Crippen molar-refractivity contribution in [1.29, 1.82) is 0 Å². The van der Waals surface area contributed by atoms with Gasteiger partial charge in [-0.1, -0.05) is 0 Å². The highest BCUT2D eigenvalue weighted by molar-refractivity contribution is 5.91. The smallest absolute Gasteiger partial charge is 0.408 e. The van der Waals surface area contributed by atoms with Gasteiger partial charge in [0.2, 0.25) is 0 Å². The first kappa shape index (κ1) is 17.4. The van der Waals surface area contributed by atoms with Gasteiger partial charge in [-0.15, -0.1) is 0 Å². The van der Waals surface area contributed by atoms with Crippen LogP contribution in [-0.4, -0.2) is 38.8 Å². The number of nitrogens with zero attached hydrogens (tertiary/aromatic N) is 3. The third-order valence-corrected chi connectivity index (χ3v) is 5.29. The molecule has 0 bridgehead atoms. The van der Waals surface area contributed by atoms with Crippen LogP contribution >= 0.6 is 0 Å². The van der Waals surface area contributed by atoms with Crippen molar-refractivity contribution in [2.45, 2.75) is 39.2 Å². The number of hydrogen-bond donors (Lipinski definition) is 2. The standard InChI is InChI=1S/C19H23N5O3/c1-3-24-15-5-4-14(10-16(15)27-19(24)26)21-18(25)23-8-6-13(7-9-23)17-12(2)11-20-22-17/h4-5,10-11,13H,3,6-9H2,1-2H3,(H,20,22)(H,21,25). The number of piperidine rings is 1. The number of aromatic nitrogens is 3. The molecular weight excluding hydrogens is 346 g/mol. The fraction of sp³-hybridized carbons (Fsp3) is 0.421. The van der Waals surface area contributed by atoms with Crippen molar-refractivity contribution in [2.75, 3.05) is 18.4 Å². The Morgan fingerprint density at radius 3 is 2.81 bits per heavy atom. The molecule has 0 radical (unpaired) electrons. The second-order valence-corrected chi connectivity index (χ2v) is 6.95. The van der Waals surface area contributed by atoms with Crippen LogP contribution in [0.1, 0.15) is 36.9 Å². The Morgan fingerprint density at radius 1 is 1.37 bits per heavy atom. The Bertz CT molecular complexity index is 1020. The average Bonchev–Trinajstić information content (AvgIpc) is 3.23. The summed E-state index contributed by atoms with van der Waals surface area (Å²) in [5.74, 6) is 0.0307. The number of hydrogen-bond acceptors (Lipinski definition) is 4. The van der Waals surface area contributed by atoms with Crippen molar-refractivity contribution in [3.63, 3.8) is 0 Å². The van der Waals surface area contributed by atoms with Crippen LogP contribution in [0.15, 0.2) is 33.6 Å². The number of carbonyl (C=O) groups is 1. The summed E-state index contributed by atoms with van der Waals surface area (Å²) in [5, 5.41) is 10.1. The molecule has 0 aliphatic carbocycles. The summed E-state index contributed by atoms with van der Waals surface area (Å²) in [6.45, 7) is 5.87. The second kappa shape index (κ2) is 6.94. The Labute approximate surface area is 156 Å². The van der Waals surface area contributed by atoms with E-state index in [9.17, 15) is 9.59 Å². The van der Waals surface area contributed by atoms with Gasteiger partial charge in [0.25, 0.3) is 0 Å². The minimum absolute atomic E-state index is 0.133. The molecule has 1 fully saturated rings. The molecule has 27 heavy (non-hydrogen) atoms. The molecule has 2 N–H and O–H groups in total. The predicted octanol–water partition coefficient (Wildman–Crippen LogP) is 3.06. The van der Waals surface area contributed by atoms with Crippen LogP contribution in [0.3, 0.4) is 0 Å². The van der Waals surface area contributed by atoms with Gasteiger partial charge in [-0.25, -0.2) is 9.59 Å². The van der Waals surface area contributed by atoms with Crippen LogP contribution in [0.5, 0.6) is 0 Å². The lowest BCUT2D eigenvalue weighted by molar-refractivity contribution is 0.194. The first-order valence-electron chi connectivity index (χ1n) is 9.26. The van der Waals surface area contributed by atoms with E-state index >= 15 is 0 Å². The summed E-state index contributed by atoms with van der Waals surface area (Å²) < 4.78 is 6.82. The minimum atomic E-state index is -0.382. The number of H-pyrrole nitrogens is 1. The molecule has 0 unspecified atom stereocenters. The molecule has 3 heterocycles. The molecule has 8 heteroatoms. The third kappa shape index (κ3) is 3.22. The maximum atomic E-state index is 12.6. The fourth-order valence-corrected chi connectivity index (χ4v) is 3.79. The van der Waals surface area contributed by atoms with Gasteiger partial charge in [0.15, 0.2) is 5.58 Å². The lowest BCUT2D eigenvalue weighted by Crippen LogP contribution is -2.40. The van der Waals surface area contributed by atoms with Gasteiger partial charge in [0, 0.05) is 43.0 Å². The highest BCUT2D eigenvalue weighted by Crippen LogP contribution is 2.29. The first-order valence-corrected chi connectivity index (χ1v) is 9.26. The molecule has 2 aromatic heterocycles. The van der Waals surface area contributed by atoms with E-state index in [0.717, 1.165) is 18.4 Å². The van der Waals surface area contributed by atoms with Crippen LogP contribution < -0.4 is 11.1 Å². The number of fused-ring (bicyclic) bond motifs is 1. The van der Waals surface area contributed by atoms with E-state index in [4.69, 9.17) is 4.42 Å². The summed E-state index contributed by atoms with van der Waals surface area (Å²) in [6.07, 6.45) is 3.65. The number of nitrogens with one attached hydrogen (secondary N) is 2. The van der Waals surface area contributed by atoms with Crippen LogP contribution in [0.25, 0.3) is 11.1 Å². The van der Waals surface area contributed by atoms with Gasteiger partial charge in [-0.05, 0) is 44.4 Å². The Balaban J connectivity index is 1.42. The predicted molar refractivity (Wildman–Crippen MR) is 102 cm³/mol. The van der Waals surface area contributed by atoms with Gasteiger partial charge in [-0.3, -0.25) is 9.67 Å². The Kier molecular flexibility index (Phi) is 4.47. The SMILES string of the molecule is CCn1c(=O)oc2cc(NC(=O)N3CCC(c4[nH]ncc4C)CC3)ccc21. The first-order chi connectivity index (χ1) is 13.1. The molecule has 1 aliphatic rings. The Morgan fingerprint density at radius 2 is 2.15 bits per heavy atom. The van der Waals surface area contributed by atoms with E-state index in [-0.39, 0.29) is 11.8 Å². The molecule has 2 amide bonds. The van der Waals surface area contributed by atoms with Crippen molar-refractivity contribution in [3.8, 4) is 0 Å². The van der Waals surface area contributed by atoms with Crippen molar-refractivity contribution in [1.82, 2.24) is 19.7 Å². The zero-order chi connectivity index (χ0) is 19.0. The lowest BCUT2D eigenvalue weighted by atomic mass is 9.92. The number of benzene rings is 1. The molecule has 4 rings (SSSR count). The molecule has 0 saturated carbocycles. The van der Waals surface area contributed by atoms with E-state index in [1.807, 2.05) is 18.0 Å². The zero-order valence-corrected chi connectivity index (χ0v) is 15.5. The number of anilines is 1. The van der Waals surface area contributed by atoms with E-state index in [0.29, 0.717) is 36.8 Å². The van der Waals surface area contributed by atoms with E-state index in [1.165, 1.54) is 11.3 Å². The molecule has 1 saturated heterocycles. The zero-order valence-electron chi connectivity index (χ0n) is 15.5. The number of likely N-dealkylation sites (tertiary alicyclic amines) is 1. The number of urea groups is 1. The van der Waals surface area contributed by atoms with Crippen LogP contribution in [0.4, 0.5) is 10.5 Å². The number of oxazole rings is 1. The summed E-state index contributed by atoms with van der Waals surface area (Å²) in [7, 11) is 0. The summed E-state index contributed by atoms with van der Waals surface area (Å²) in [5.41, 5.74) is 4.18. The monoisotopic (exact) mass is 369 g/mol. The Hall–Kier alpha value is -3.03. The van der Waals surface area contributed by atoms with E-state index < -0.39 is 0 Å². The van der Waals surface area contributed by atoms with Gasteiger partial charge < -0.3 is 14.6 Å². The summed E-state index contributed by atoms with van der Waals surface area (Å²) in [4.78, 5) is 26.2. The third-order valence-electron chi connectivity index (χ3n) is 5.29. The lowest BCUT2D eigenvalue weighted by Gasteiger charge is -2.31. The number of aryl methyl sites for hydroxylation is 2. The normalized spacial score (nSPS) is 15.4. The van der Waals surface area contributed by atoms with Crippen molar-refractivity contribution < 1.29 is 9.21 Å². The number of amides is 2. The highest BCUT2D eigenvalue weighted by Gasteiger charge is 2.25. The highest BCUT2D eigenvalue weighted by atomic mass is 16.4. The van der Waals surface area contributed by atoms with Gasteiger partial charge in [-0.2, -0.15) is 5.10 Å². The molecule has 0 atom stereocenters. The van der Waals surface area contributed by atoms with Gasteiger partial charge >= 0.3 is 11.8 Å². The number of aromatic amines is 1. The summed E-state index contributed by atoms with van der Waals surface area (Å²) >= 11 is 0. The molecule has 0 spiro atoms. The van der Waals surface area contributed by atoms with E-state index in [1.54, 1.807) is 22.8 Å². The molecule has 8 nitrogen and oxygen atoms in total. The fourth-order valence-electron chi connectivity index (χ4n) is 3.79. The molecular formula is C19H23N5O3. The quantitative estimate of drug-likeness (QED) is 0.741. The summed E-state index contributed by atoms with van der Waals surface area (Å²) in [6, 6.07) is 5.15. The second-order valence-electron chi connectivity index (χ2n) is 6.95. The molecule has 1 aromatic carbocycles. The maximum Gasteiger partial charge on any atom is 0.419 e. The number of rotatable bonds is 3. The molecule has 3 aromatic rings. The van der Waals surface area contributed by atoms with Crippen LogP contribution in [0.2, 0.25) is 0 Å². The van der Waals surface area contributed by atoms with Crippen molar-refractivity contribution in [3.05, 3.63) is 46.2 Å². The average molecular weight is 369 g/mol. The maximum absolute atomic E-state index is 12.6. The van der Waals surface area contributed by atoms with Crippen molar-refractivity contribution in [2.24, 2.45) is 0 Å². The molecule has 1 aliphatic heterocycles. The number of carbonyl (C=O) groups excluding carboxylic acids is 1. The van der Waals surface area contributed by atoms with Gasteiger partial charge in [0.1, 0.15) is 0 Å². The largest absolute Gasteiger partial charge is 0.419 e.